The van der Waals surface area contributed by atoms with Gasteiger partial charge < -0.3 is 71.2 Å². The van der Waals surface area contributed by atoms with Crippen LogP contribution in [0.15, 0.2) is 35.4 Å². The van der Waals surface area contributed by atoms with Crippen molar-refractivity contribution in [2.45, 2.75) is 90.8 Å². The number of cyclic esters (lactones) is 1. The zero-order valence-electron chi connectivity index (χ0n) is 42.0. The smallest absolute Gasteiger partial charge is 0.343 e. The highest BCUT2D eigenvalue weighted by molar-refractivity contribution is 7.71. The topological polar surface area (TPSA) is 338 Å². The number of unbranched alkanes of at least 4 members (excludes halogenated alkanes) is 1. The molecule has 0 unspecified atom stereocenters. The van der Waals surface area contributed by atoms with Crippen LogP contribution in [-0.2, 0) is 73.0 Å². The van der Waals surface area contributed by atoms with Crippen molar-refractivity contribution in [3.8, 4) is 11.4 Å². The molecule has 6 rings (SSSR count). The van der Waals surface area contributed by atoms with Crippen molar-refractivity contribution in [1.82, 2.24) is 51.4 Å². The Labute approximate surface area is 434 Å². The van der Waals surface area contributed by atoms with Gasteiger partial charge in [0, 0.05) is 48.1 Å². The minimum atomic E-state index is -2.05. The lowest BCUT2D eigenvalue weighted by Crippen LogP contribution is -2.56. The number of halogens is 1. The fourth-order valence-corrected chi connectivity index (χ4v) is 8.43. The number of aryl methyl sites for hydroxylation is 1. The quantitative estimate of drug-likeness (QED) is 0.0145. The summed E-state index contributed by atoms with van der Waals surface area (Å²) in [7, 11) is 0. The fraction of sp³-hybridized carbons (Fsp3) is 0.490. The maximum Gasteiger partial charge on any atom is 0.343 e. The monoisotopic (exact) mass is 1060 g/mol. The Morgan fingerprint density at radius 1 is 0.947 bits per heavy atom. The number of aromatic amines is 1. The minimum absolute atomic E-state index is 0.0314. The number of hydrogen-bond donors (Lipinski definition) is 9. The Bertz CT molecular complexity index is 2910. The predicted octanol–water partition coefficient (Wildman–Crippen LogP) is 0.0202. The Hall–Kier alpha value is -7.10. The van der Waals surface area contributed by atoms with Gasteiger partial charge in [-0.1, -0.05) is 20.8 Å². The van der Waals surface area contributed by atoms with Crippen LogP contribution in [0.25, 0.3) is 22.3 Å². The van der Waals surface area contributed by atoms with E-state index in [1.165, 1.54) is 29.1 Å². The number of hydrogen-bond acceptors (Lipinski definition) is 17. The van der Waals surface area contributed by atoms with Gasteiger partial charge in [-0.05, 0) is 80.5 Å². The SMILES string of the molecule is CC[C@]1(O)C(=O)OCc2c1cc1n(c2=O)Cc2c-1nc1cc(F)c(C)cc1c2CNC(=O)COCNC(=O)CNC(=O)[C@H](CCCCN)NC(=O)[C@@H](NC(=O)COCCOCCNC(=O)c1cnc(=S)[nH]c1)C(C)C. The summed E-state index contributed by atoms with van der Waals surface area (Å²) in [5.74, 6) is -5.29. The number of amides is 6. The number of rotatable bonds is 27. The molecule has 2 aliphatic rings. The second-order valence-corrected chi connectivity index (χ2v) is 18.5. The van der Waals surface area contributed by atoms with Gasteiger partial charge in [-0.25, -0.2) is 19.2 Å². The summed E-state index contributed by atoms with van der Waals surface area (Å²) >= 11 is 4.86. The van der Waals surface area contributed by atoms with E-state index in [0.717, 1.165) is 0 Å². The molecule has 3 aromatic heterocycles. The summed E-state index contributed by atoms with van der Waals surface area (Å²) in [5.41, 5.74) is 5.99. The van der Waals surface area contributed by atoms with E-state index >= 15 is 0 Å². The molecule has 404 valence electrons. The zero-order chi connectivity index (χ0) is 54.4. The van der Waals surface area contributed by atoms with E-state index in [1.54, 1.807) is 33.8 Å². The van der Waals surface area contributed by atoms with E-state index in [1.807, 2.05) is 0 Å². The number of nitrogens with zero attached hydrogens (tertiary/aromatic N) is 3. The average molecular weight is 1060 g/mol. The molecule has 0 saturated heterocycles. The largest absolute Gasteiger partial charge is 0.458 e. The molecule has 0 saturated carbocycles. The number of aliphatic hydroxyl groups is 1. The summed E-state index contributed by atoms with van der Waals surface area (Å²) < 4.78 is 38.0. The van der Waals surface area contributed by atoms with Crippen LogP contribution >= 0.6 is 12.2 Å². The third kappa shape index (κ3) is 14.4. The maximum atomic E-state index is 14.9. The summed E-state index contributed by atoms with van der Waals surface area (Å²) in [6.45, 7) is 5.32. The number of carbonyl (C=O) groups is 7. The first-order chi connectivity index (χ1) is 35.9. The van der Waals surface area contributed by atoms with Crippen LogP contribution in [-0.4, -0.2) is 138 Å². The third-order valence-electron chi connectivity index (χ3n) is 12.5. The number of pyridine rings is 2. The first-order valence-corrected chi connectivity index (χ1v) is 24.7. The van der Waals surface area contributed by atoms with Gasteiger partial charge >= 0.3 is 5.97 Å². The lowest BCUT2D eigenvalue weighted by atomic mass is 9.86. The zero-order valence-corrected chi connectivity index (χ0v) is 42.8. The van der Waals surface area contributed by atoms with E-state index in [9.17, 15) is 47.9 Å². The Morgan fingerprint density at radius 2 is 1.71 bits per heavy atom. The molecule has 0 fully saturated rings. The standard InChI is InChI=1S/C49H62FN11O13S/c1-5-49(70)33-15-37-42-31(21-61(37)46(68)32(33)22-74-47(49)69)30(29-14-27(4)34(50)16-36(29)58-42)19-53-39(63)23-73-25-57-38(62)20-54-44(66)35(8-6-7-9-51)59-45(67)41(26(2)3)60-40(64)24-72-13-12-71-11-10-52-43(65)28-17-55-48(75)56-18-28/h14-18,26,35,41,70H,5-13,19-25,51H2,1-4H3,(H,52,65)(H,53,63)(H,54,66)(H,57,62)(H,59,67)(H,60,64)(H,55,56,75)/t35-,41-,49+/m0/s1. The molecule has 4 aromatic rings. The molecule has 2 aliphatic heterocycles. The first kappa shape index (κ1) is 57.2. The van der Waals surface area contributed by atoms with Crippen molar-refractivity contribution in [2.75, 3.05) is 59.4 Å². The van der Waals surface area contributed by atoms with E-state index in [2.05, 4.69) is 41.9 Å². The molecule has 26 heteroatoms. The summed E-state index contributed by atoms with van der Waals surface area (Å²) in [4.78, 5) is 115. The van der Waals surface area contributed by atoms with Crippen LogP contribution in [0.1, 0.15) is 84.6 Å². The van der Waals surface area contributed by atoms with Crippen molar-refractivity contribution in [2.24, 2.45) is 11.7 Å². The van der Waals surface area contributed by atoms with E-state index in [-0.39, 0.29) is 92.8 Å². The second-order valence-electron chi connectivity index (χ2n) is 18.1. The lowest BCUT2D eigenvalue weighted by Gasteiger charge is -2.31. The molecular formula is C49H62FN11O13S. The lowest BCUT2D eigenvalue weighted by molar-refractivity contribution is -0.172. The minimum Gasteiger partial charge on any atom is -0.458 e. The predicted molar refractivity (Wildman–Crippen MR) is 268 cm³/mol. The molecule has 0 radical (unpaired) electrons. The van der Waals surface area contributed by atoms with Gasteiger partial charge in [-0.15, -0.1) is 0 Å². The van der Waals surface area contributed by atoms with Crippen LogP contribution < -0.4 is 43.2 Å². The molecule has 0 spiro atoms. The molecule has 3 atom stereocenters. The van der Waals surface area contributed by atoms with Crippen LogP contribution in [0.5, 0.6) is 0 Å². The molecule has 5 heterocycles. The van der Waals surface area contributed by atoms with Crippen LogP contribution in [0.4, 0.5) is 4.39 Å². The van der Waals surface area contributed by atoms with Crippen LogP contribution in [0.3, 0.4) is 0 Å². The first-order valence-electron chi connectivity index (χ1n) is 24.3. The van der Waals surface area contributed by atoms with Crippen molar-refractivity contribution in [1.29, 1.82) is 0 Å². The number of fused-ring (bicyclic) bond motifs is 5. The number of nitrogens with one attached hydrogen (secondary N) is 7. The van der Waals surface area contributed by atoms with E-state index in [0.29, 0.717) is 58.4 Å². The van der Waals surface area contributed by atoms with Crippen molar-refractivity contribution in [3.05, 3.63) is 84.9 Å². The maximum absolute atomic E-state index is 14.9. The average Bonchev–Trinajstić information content (AvgIpc) is 3.75. The van der Waals surface area contributed by atoms with E-state index < -0.39 is 90.4 Å². The normalized spacial score (nSPS) is 15.2. The van der Waals surface area contributed by atoms with Gasteiger partial charge in [0.25, 0.3) is 11.5 Å². The molecule has 10 N–H and O–H groups in total. The molecule has 0 bridgehead atoms. The fourth-order valence-electron chi connectivity index (χ4n) is 8.32. The highest BCUT2D eigenvalue weighted by atomic mass is 32.1. The number of aromatic nitrogens is 4. The van der Waals surface area contributed by atoms with Gasteiger partial charge in [-0.2, -0.15) is 0 Å². The van der Waals surface area contributed by atoms with Gasteiger partial charge in [-0.3, -0.25) is 33.6 Å². The molecule has 0 aliphatic carbocycles. The second kappa shape index (κ2) is 26.4. The number of benzene rings is 1. The van der Waals surface area contributed by atoms with Crippen molar-refractivity contribution in [3.63, 3.8) is 0 Å². The Balaban J connectivity index is 0.943. The van der Waals surface area contributed by atoms with Gasteiger partial charge in [0.15, 0.2) is 10.4 Å². The number of esters is 1. The van der Waals surface area contributed by atoms with Gasteiger partial charge in [0.1, 0.15) is 44.5 Å². The molecule has 1 aromatic carbocycles. The van der Waals surface area contributed by atoms with Crippen molar-refractivity contribution < 1.29 is 62.0 Å². The number of nitrogens with two attached hydrogens (primary N) is 1. The Morgan fingerprint density at radius 3 is 2.43 bits per heavy atom. The van der Waals surface area contributed by atoms with Crippen molar-refractivity contribution >= 4 is 64.5 Å². The summed E-state index contributed by atoms with van der Waals surface area (Å²) in [5, 5.41) is 27.5. The highest BCUT2D eigenvalue weighted by Crippen LogP contribution is 2.40. The van der Waals surface area contributed by atoms with Gasteiger partial charge in [0.05, 0.1) is 60.9 Å². The van der Waals surface area contributed by atoms with Gasteiger partial charge in [0.2, 0.25) is 29.5 Å². The molecule has 6 amide bonds. The number of H-pyrrole nitrogens is 1. The van der Waals surface area contributed by atoms with Crippen LogP contribution in [0, 0.1) is 23.4 Å². The highest BCUT2D eigenvalue weighted by Gasteiger charge is 2.45. The summed E-state index contributed by atoms with van der Waals surface area (Å²) in [6, 6.07) is 2.26. The summed E-state index contributed by atoms with van der Waals surface area (Å²) in [6.07, 6.45) is 3.94. The third-order valence-corrected chi connectivity index (χ3v) is 12.7. The number of ether oxygens (including phenoxy) is 4. The van der Waals surface area contributed by atoms with Crippen LogP contribution in [0.2, 0.25) is 0 Å². The molecular weight excluding hydrogens is 1000 g/mol. The number of carbonyl (C=O) groups excluding carboxylic acids is 7. The molecule has 24 nitrogen and oxygen atoms in total. The Kier molecular flexibility index (Phi) is 20.1. The molecule has 75 heavy (non-hydrogen) atoms. The van der Waals surface area contributed by atoms with E-state index in [4.69, 9.17) is 41.9 Å².